The Balaban J connectivity index is 1.63. The summed E-state index contributed by atoms with van der Waals surface area (Å²) in [6.45, 7) is 0.798. The third-order valence-electron chi connectivity index (χ3n) is 4.50. The van der Waals surface area contributed by atoms with E-state index in [1.165, 1.54) is 11.9 Å². The summed E-state index contributed by atoms with van der Waals surface area (Å²) in [5.41, 5.74) is 2.44. The average molecular weight is 318 g/mol. The standard InChI is InChI=1S/C15H18N4O2S/c20-22(21,13-7-6-11-3-1-4-12(11)9-13)18-14-5-2-8-19-15(14)16-10-17-19/h6-7,9-10,14,18H,1-5,8H2/t14-/m0/s1. The lowest BCUT2D eigenvalue weighted by Gasteiger charge is -2.23. The minimum atomic E-state index is -3.53. The van der Waals surface area contributed by atoms with Crippen LogP contribution in [0.3, 0.4) is 0 Å². The minimum Gasteiger partial charge on any atom is -0.248 e. The Morgan fingerprint density at radius 1 is 1.18 bits per heavy atom. The largest absolute Gasteiger partial charge is 0.248 e. The van der Waals surface area contributed by atoms with Crippen molar-refractivity contribution in [2.75, 3.05) is 0 Å². The second kappa shape index (κ2) is 5.17. The van der Waals surface area contributed by atoms with Crippen LogP contribution >= 0.6 is 0 Å². The van der Waals surface area contributed by atoms with E-state index in [4.69, 9.17) is 0 Å². The zero-order valence-electron chi connectivity index (χ0n) is 12.2. The number of fused-ring (bicyclic) bond motifs is 2. The van der Waals surface area contributed by atoms with Gasteiger partial charge in [-0.25, -0.2) is 22.8 Å². The molecule has 1 aliphatic carbocycles. The van der Waals surface area contributed by atoms with Gasteiger partial charge in [0.15, 0.2) is 0 Å². The SMILES string of the molecule is O=S(=O)(N[C@H]1CCCn2ncnc21)c1ccc2c(c1)CCC2. The van der Waals surface area contributed by atoms with E-state index in [2.05, 4.69) is 14.8 Å². The zero-order chi connectivity index (χ0) is 15.2. The highest BCUT2D eigenvalue weighted by molar-refractivity contribution is 7.89. The van der Waals surface area contributed by atoms with Crippen molar-refractivity contribution in [1.82, 2.24) is 19.5 Å². The molecule has 6 nitrogen and oxygen atoms in total. The molecule has 4 rings (SSSR count). The number of nitrogens with zero attached hydrogens (tertiary/aromatic N) is 3. The fourth-order valence-corrected chi connectivity index (χ4v) is 4.65. The fourth-order valence-electron chi connectivity index (χ4n) is 3.37. The van der Waals surface area contributed by atoms with E-state index in [0.29, 0.717) is 10.7 Å². The van der Waals surface area contributed by atoms with Crippen LogP contribution in [0.2, 0.25) is 0 Å². The van der Waals surface area contributed by atoms with E-state index in [0.717, 1.165) is 44.2 Å². The first-order valence-corrected chi connectivity index (χ1v) is 9.14. The molecular weight excluding hydrogens is 300 g/mol. The van der Waals surface area contributed by atoms with Gasteiger partial charge in [0.2, 0.25) is 10.0 Å². The first kappa shape index (κ1) is 13.9. The van der Waals surface area contributed by atoms with E-state index >= 15 is 0 Å². The first-order chi connectivity index (χ1) is 10.6. The molecule has 0 spiro atoms. The molecular formula is C15H18N4O2S. The summed E-state index contributed by atoms with van der Waals surface area (Å²) in [7, 11) is -3.53. The van der Waals surface area contributed by atoms with Gasteiger partial charge in [0.05, 0.1) is 10.9 Å². The van der Waals surface area contributed by atoms with Crippen molar-refractivity contribution in [3.8, 4) is 0 Å². The normalized spacial score (nSPS) is 20.6. The van der Waals surface area contributed by atoms with Gasteiger partial charge in [-0.2, -0.15) is 5.10 Å². The number of hydrogen-bond donors (Lipinski definition) is 1. The van der Waals surface area contributed by atoms with Gasteiger partial charge in [-0.15, -0.1) is 0 Å². The summed E-state index contributed by atoms with van der Waals surface area (Å²) in [5.74, 6) is 0.705. The molecule has 0 radical (unpaired) electrons. The lowest BCUT2D eigenvalue weighted by atomic mass is 10.1. The highest BCUT2D eigenvalue weighted by atomic mass is 32.2. The van der Waals surface area contributed by atoms with Crippen LogP contribution in [0.15, 0.2) is 29.4 Å². The maximum atomic E-state index is 12.7. The van der Waals surface area contributed by atoms with Crippen molar-refractivity contribution in [1.29, 1.82) is 0 Å². The predicted octanol–water partition coefficient (Wildman–Crippen LogP) is 1.58. The van der Waals surface area contributed by atoms with Gasteiger partial charge in [-0.3, -0.25) is 0 Å². The van der Waals surface area contributed by atoms with E-state index in [1.807, 2.05) is 12.1 Å². The molecule has 0 bridgehead atoms. The molecule has 0 fully saturated rings. The minimum absolute atomic E-state index is 0.297. The Hall–Kier alpha value is -1.73. The van der Waals surface area contributed by atoms with Crippen LogP contribution < -0.4 is 4.72 Å². The molecule has 1 atom stereocenters. The van der Waals surface area contributed by atoms with Crippen LogP contribution in [-0.2, 0) is 29.4 Å². The lowest BCUT2D eigenvalue weighted by Crippen LogP contribution is -2.33. The number of aromatic nitrogens is 3. The number of hydrogen-bond acceptors (Lipinski definition) is 4. The Bertz CT molecular complexity index is 813. The Morgan fingerprint density at radius 2 is 2.05 bits per heavy atom. The van der Waals surface area contributed by atoms with E-state index in [9.17, 15) is 8.42 Å². The highest BCUT2D eigenvalue weighted by Gasteiger charge is 2.28. The maximum absolute atomic E-state index is 12.7. The molecule has 2 aliphatic rings. The molecule has 1 aromatic heterocycles. The van der Waals surface area contributed by atoms with Crippen LogP contribution in [0.1, 0.15) is 42.3 Å². The highest BCUT2D eigenvalue weighted by Crippen LogP contribution is 2.27. The van der Waals surface area contributed by atoms with Crippen molar-refractivity contribution in [3.63, 3.8) is 0 Å². The molecule has 1 N–H and O–H groups in total. The van der Waals surface area contributed by atoms with Crippen molar-refractivity contribution >= 4 is 10.0 Å². The Kier molecular flexibility index (Phi) is 3.27. The van der Waals surface area contributed by atoms with E-state index < -0.39 is 10.0 Å². The van der Waals surface area contributed by atoms with Gasteiger partial charge >= 0.3 is 0 Å². The third-order valence-corrected chi connectivity index (χ3v) is 5.97. The summed E-state index contributed by atoms with van der Waals surface area (Å²) in [4.78, 5) is 4.55. The van der Waals surface area contributed by atoms with Gasteiger partial charge in [-0.05, 0) is 55.4 Å². The third kappa shape index (κ3) is 2.34. The second-order valence-corrected chi connectivity index (χ2v) is 7.66. The van der Waals surface area contributed by atoms with Crippen LogP contribution in [0.25, 0.3) is 0 Å². The Labute approximate surface area is 129 Å². The summed E-state index contributed by atoms with van der Waals surface area (Å²) >= 11 is 0. The smallest absolute Gasteiger partial charge is 0.241 e. The molecule has 2 aromatic rings. The number of benzene rings is 1. The molecule has 7 heteroatoms. The maximum Gasteiger partial charge on any atom is 0.241 e. The van der Waals surface area contributed by atoms with Gasteiger partial charge in [-0.1, -0.05) is 6.07 Å². The van der Waals surface area contributed by atoms with Gasteiger partial charge in [0.1, 0.15) is 12.2 Å². The first-order valence-electron chi connectivity index (χ1n) is 7.65. The van der Waals surface area contributed by atoms with E-state index in [-0.39, 0.29) is 6.04 Å². The number of sulfonamides is 1. The fraction of sp³-hybridized carbons (Fsp3) is 0.467. The lowest BCUT2D eigenvalue weighted by molar-refractivity contribution is 0.400. The zero-order valence-corrected chi connectivity index (χ0v) is 13.0. The topological polar surface area (TPSA) is 76.9 Å². The van der Waals surface area contributed by atoms with Gasteiger partial charge in [0.25, 0.3) is 0 Å². The van der Waals surface area contributed by atoms with Crippen molar-refractivity contribution in [2.24, 2.45) is 0 Å². The molecule has 0 amide bonds. The summed E-state index contributed by atoms with van der Waals surface area (Å²) < 4.78 is 29.9. The van der Waals surface area contributed by atoms with Crippen LogP contribution in [0.4, 0.5) is 0 Å². The molecule has 22 heavy (non-hydrogen) atoms. The molecule has 0 saturated carbocycles. The molecule has 116 valence electrons. The molecule has 0 unspecified atom stereocenters. The monoisotopic (exact) mass is 318 g/mol. The van der Waals surface area contributed by atoms with Crippen molar-refractivity contribution < 1.29 is 8.42 Å². The number of rotatable bonds is 3. The summed E-state index contributed by atoms with van der Waals surface area (Å²) in [5, 5.41) is 4.13. The summed E-state index contributed by atoms with van der Waals surface area (Å²) in [6.07, 6.45) is 6.26. The molecule has 0 saturated heterocycles. The quantitative estimate of drug-likeness (QED) is 0.932. The average Bonchev–Trinajstić information content (AvgIpc) is 3.15. The van der Waals surface area contributed by atoms with Crippen LogP contribution in [0, 0.1) is 0 Å². The van der Waals surface area contributed by atoms with Gasteiger partial charge in [0, 0.05) is 6.54 Å². The predicted molar refractivity (Wildman–Crippen MR) is 80.8 cm³/mol. The molecule has 1 aliphatic heterocycles. The van der Waals surface area contributed by atoms with Gasteiger partial charge < -0.3 is 0 Å². The molecule has 1 aromatic carbocycles. The van der Waals surface area contributed by atoms with Crippen molar-refractivity contribution in [2.45, 2.75) is 49.6 Å². The second-order valence-electron chi connectivity index (χ2n) is 5.94. The van der Waals surface area contributed by atoms with E-state index in [1.54, 1.807) is 10.7 Å². The van der Waals surface area contributed by atoms with Crippen molar-refractivity contribution in [3.05, 3.63) is 41.5 Å². The van der Waals surface area contributed by atoms with Crippen LogP contribution in [-0.4, -0.2) is 23.2 Å². The van der Waals surface area contributed by atoms with Crippen LogP contribution in [0.5, 0.6) is 0 Å². The Morgan fingerprint density at radius 3 is 2.95 bits per heavy atom. The number of aryl methyl sites for hydroxylation is 3. The summed E-state index contributed by atoms with van der Waals surface area (Å²) in [6, 6.07) is 5.17. The molecule has 2 heterocycles. The number of nitrogens with one attached hydrogen (secondary N) is 1.